The highest BCUT2D eigenvalue weighted by molar-refractivity contribution is 7.32. The van der Waals surface area contributed by atoms with Gasteiger partial charge in [-0.15, -0.1) is 9.42 Å². The average Bonchev–Trinajstić information content (AvgIpc) is 2.31. The number of hydrogen-bond donors (Lipinski definition) is 3. The standard InChI is InChI=1S/C5H8BO6P/c6-5-3(8)4(12-13(9)10)2(1-7)11-5/h2-5,7-8H,1H2/p+1. The first-order valence-corrected chi connectivity index (χ1v) is 4.72. The van der Waals surface area contributed by atoms with E-state index in [-0.39, 0.29) is 0 Å². The molecular weight excluding hydrogens is 198 g/mol. The van der Waals surface area contributed by atoms with Gasteiger partial charge in [-0.1, -0.05) is 0 Å². The van der Waals surface area contributed by atoms with Gasteiger partial charge in [-0.25, -0.2) is 0 Å². The van der Waals surface area contributed by atoms with Crippen LogP contribution < -0.4 is 0 Å². The Labute approximate surface area is 76.8 Å². The second-order valence-corrected chi connectivity index (χ2v) is 3.31. The minimum atomic E-state index is -2.85. The summed E-state index contributed by atoms with van der Waals surface area (Å²) >= 11 is 0. The van der Waals surface area contributed by atoms with Crippen molar-refractivity contribution < 1.29 is 28.9 Å². The molecular formula is C5H9BO6P+. The van der Waals surface area contributed by atoms with Crippen LogP contribution in [-0.4, -0.2) is 53.9 Å². The molecule has 0 aromatic rings. The molecule has 0 spiro atoms. The molecule has 3 N–H and O–H groups in total. The summed E-state index contributed by atoms with van der Waals surface area (Å²) < 4.78 is 19.6. The van der Waals surface area contributed by atoms with E-state index >= 15 is 0 Å². The third-order valence-corrected chi connectivity index (χ3v) is 2.19. The first kappa shape index (κ1) is 11.0. The van der Waals surface area contributed by atoms with Crippen molar-refractivity contribution in [2.75, 3.05) is 6.61 Å². The predicted octanol–water partition coefficient (Wildman–Crippen LogP) is -1.73. The number of hydrogen-bond acceptors (Lipinski definition) is 5. The molecule has 0 bridgehead atoms. The molecule has 5 atom stereocenters. The molecule has 13 heavy (non-hydrogen) atoms. The van der Waals surface area contributed by atoms with Crippen LogP contribution in [0.3, 0.4) is 0 Å². The van der Waals surface area contributed by atoms with Gasteiger partial charge in [0.2, 0.25) is 0 Å². The van der Waals surface area contributed by atoms with Crippen LogP contribution in [0, 0.1) is 0 Å². The fourth-order valence-corrected chi connectivity index (χ4v) is 1.62. The van der Waals surface area contributed by atoms with Gasteiger partial charge in [0.1, 0.15) is 20.1 Å². The minimum Gasteiger partial charge on any atom is -0.394 e. The number of ether oxygens (including phenoxy) is 1. The van der Waals surface area contributed by atoms with Gasteiger partial charge < -0.3 is 14.9 Å². The van der Waals surface area contributed by atoms with Crippen molar-refractivity contribution >= 4 is 16.1 Å². The molecule has 1 aliphatic heterocycles. The van der Waals surface area contributed by atoms with E-state index in [0.717, 1.165) is 0 Å². The van der Waals surface area contributed by atoms with Crippen LogP contribution in [0.1, 0.15) is 0 Å². The molecule has 6 nitrogen and oxygen atoms in total. The van der Waals surface area contributed by atoms with Gasteiger partial charge in [-0.3, -0.25) is 0 Å². The van der Waals surface area contributed by atoms with E-state index in [1.54, 1.807) is 0 Å². The summed E-state index contributed by atoms with van der Waals surface area (Å²) in [6, 6.07) is -1.00. The predicted molar refractivity (Wildman–Crippen MR) is 42.2 cm³/mol. The summed E-state index contributed by atoms with van der Waals surface area (Å²) in [5.74, 6) is 0. The van der Waals surface area contributed by atoms with Gasteiger partial charge in [0.15, 0.2) is 6.10 Å². The Morgan fingerprint density at radius 3 is 2.69 bits per heavy atom. The normalized spacial score (nSPS) is 40.7. The topological polar surface area (TPSA) is 96.2 Å². The van der Waals surface area contributed by atoms with Crippen LogP contribution >= 0.6 is 8.25 Å². The van der Waals surface area contributed by atoms with Gasteiger partial charge in [-0.2, -0.15) is 0 Å². The Balaban J connectivity index is 2.62. The fourth-order valence-electron chi connectivity index (χ4n) is 1.15. The number of aliphatic hydroxyl groups is 2. The van der Waals surface area contributed by atoms with Crippen molar-refractivity contribution in [3.05, 3.63) is 0 Å². The molecule has 1 saturated heterocycles. The lowest BCUT2D eigenvalue weighted by atomic mass is 9.93. The lowest BCUT2D eigenvalue weighted by Crippen LogP contribution is -2.35. The van der Waals surface area contributed by atoms with Crippen LogP contribution in [0.15, 0.2) is 0 Å². The molecule has 0 saturated carbocycles. The van der Waals surface area contributed by atoms with E-state index in [4.69, 9.17) is 22.6 Å². The average molecular weight is 207 g/mol. The molecule has 1 aliphatic rings. The highest BCUT2D eigenvalue weighted by Gasteiger charge is 2.46. The van der Waals surface area contributed by atoms with Gasteiger partial charge >= 0.3 is 8.25 Å². The molecule has 0 aromatic carbocycles. The lowest BCUT2D eigenvalue weighted by Gasteiger charge is -2.10. The van der Waals surface area contributed by atoms with Crippen molar-refractivity contribution in [3.8, 4) is 0 Å². The molecule has 1 fully saturated rings. The van der Waals surface area contributed by atoms with Crippen LogP contribution in [-0.2, 0) is 13.8 Å². The van der Waals surface area contributed by atoms with Crippen molar-refractivity contribution in [1.82, 2.24) is 0 Å². The first-order valence-electron chi connectivity index (χ1n) is 3.59. The Hall–Kier alpha value is -0.0351. The van der Waals surface area contributed by atoms with Crippen molar-refractivity contribution in [3.63, 3.8) is 0 Å². The van der Waals surface area contributed by atoms with E-state index in [0.29, 0.717) is 0 Å². The monoisotopic (exact) mass is 207 g/mol. The molecule has 1 rings (SSSR count). The zero-order valence-corrected chi connectivity index (χ0v) is 7.50. The fraction of sp³-hybridized carbons (Fsp3) is 1.00. The van der Waals surface area contributed by atoms with E-state index < -0.39 is 39.2 Å². The SMILES string of the molecule is [B]C1OC(CO)C(O[P+](=O)O)C1O. The highest BCUT2D eigenvalue weighted by atomic mass is 31.1. The largest absolute Gasteiger partial charge is 0.695 e. The quantitative estimate of drug-likeness (QED) is 0.375. The molecule has 2 radical (unpaired) electrons. The van der Waals surface area contributed by atoms with Gasteiger partial charge in [-0.05, 0) is 0 Å². The van der Waals surface area contributed by atoms with Gasteiger partial charge in [0.05, 0.1) is 6.61 Å². The van der Waals surface area contributed by atoms with Crippen molar-refractivity contribution in [2.45, 2.75) is 24.3 Å². The maximum Gasteiger partial charge on any atom is 0.695 e. The second kappa shape index (κ2) is 4.46. The Kier molecular flexibility index (Phi) is 3.79. The maximum atomic E-state index is 10.3. The molecule has 0 amide bonds. The second-order valence-electron chi connectivity index (χ2n) is 2.62. The van der Waals surface area contributed by atoms with Crippen molar-refractivity contribution in [2.24, 2.45) is 0 Å². The van der Waals surface area contributed by atoms with Gasteiger partial charge in [0, 0.05) is 10.6 Å². The molecule has 1 heterocycles. The molecule has 5 unspecified atom stereocenters. The highest BCUT2D eigenvalue weighted by Crippen LogP contribution is 2.29. The number of aliphatic hydroxyl groups excluding tert-OH is 2. The summed E-state index contributed by atoms with van der Waals surface area (Å²) in [5, 5.41) is 18.0. The zero-order valence-electron chi connectivity index (χ0n) is 6.61. The summed E-state index contributed by atoms with van der Waals surface area (Å²) in [5.41, 5.74) is 0. The zero-order chi connectivity index (χ0) is 10.0. The first-order chi connectivity index (χ1) is 6.06. The third-order valence-electron chi connectivity index (χ3n) is 1.76. The van der Waals surface area contributed by atoms with Crippen LogP contribution in [0.4, 0.5) is 0 Å². The summed E-state index contributed by atoms with van der Waals surface area (Å²) in [7, 11) is 2.42. The van der Waals surface area contributed by atoms with Gasteiger partial charge in [0.25, 0.3) is 0 Å². The molecule has 0 aromatic heterocycles. The maximum absolute atomic E-state index is 10.3. The smallest absolute Gasteiger partial charge is 0.394 e. The van der Waals surface area contributed by atoms with E-state index in [1.807, 2.05) is 0 Å². The molecule has 72 valence electrons. The van der Waals surface area contributed by atoms with Crippen LogP contribution in [0.5, 0.6) is 0 Å². The Morgan fingerprint density at radius 2 is 2.23 bits per heavy atom. The van der Waals surface area contributed by atoms with Crippen molar-refractivity contribution in [1.29, 1.82) is 0 Å². The Bertz CT molecular complexity index is 201. The summed E-state index contributed by atoms with van der Waals surface area (Å²) in [6.45, 7) is -0.432. The third kappa shape index (κ3) is 2.46. The minimum absolute atomic E-state index is 0.432. The van der Waals surface area contributed by atoms with E-state index in [1.165, 1.54) is 0 Å². The Morgan fingerprint density at radius 1 is 1.62 bits per heavy atom. The number of rotatable bonds is 3. The van der Waals surface area contributed by atoms with Crippen LogP contribution in [0.2, 0.25) is 0 Å². The summed E-state index contributed by atoms with van der Waals surface area (Å²) in [6.07, 6.45) is -3.13. The summed E-state index contributed by atoms with van der Waals surface area (Å²) in [4.78, 5) is 8.43. The van der Waals surface area contributed by atoms with Crippen LogP contribution in [0.25, 0.3) is 0 Å². The van der Waals surface area contributed by atoms with E-state index in [2.05, 4.69) is 4.52 Å². The molecule has 0 aliphatic carbocycles. The molecule has 8 heteroatoms. The van der Waals surface area contributed by atoms with E-state index in [9.17, 15) is 9.67 Å². The lowest BCUT2D eigenvalue weighted by molar-refractivity contribution is 0.00110.